The molecule has 0 spiro atoms. The number of hydrogen-bond acceptors (Lipinski definition) is 3. The Kier molecular flexibility index (Phi) is 4.90. The molecule has 0 heterocycles. The lowest BCUT2D eigenvalue weighted by molar-refractivity contribution is 0.0692. The van der Waals surface area contributed by atoms with Gasteiger partial charge >= 0.3 is 5.97 Å². The van der Waals surface area contributed by atoms with E-state index in [2.05, 4.69) is 0 Å². The zero-order chi connectivity index (χ0) is 12.8. The van der Waals surface area contributed by atoms with Crippen LogP contribution in [0.25, 0.3) is 0 Å². The summed E-state index contributed by atoms with van der Waals surface area (Å²) in [6, 6.07) is 3.71. The summed E-state index contributed by atoms with van der Waals surface area (Å²) < 4.78 is 23.6. The van der Waals surface area contributed by atoms with Crippen LogP contribution in [0.1, 0.15) is 23.7 Å². The number of rotatable bonds is 6. The molecule has 0 radical (unpaired) electrons. The number of halogens is 1. The summed E-state index contributed by atoms with van der Waals surface area (Å²) in [6.45, 7) is 2.39. The molecule has 1 aromatic rings. The lowest BCUT2D eigenvalue weighted by atomic mass is 10.2. The van der Waals surface area contributed by atoms with Gasteiger partial charge < -0.3 is 14.6 Å². The molecule has 1 N–H and O–H groups in total. The van der Waals surface area contributed by atoms with E-state index in [0.717, 1.165) is 6.07 Å². The fourth-order valence-corrected chi connectivity index (χ4v) is 1.32. The van der Waals surface area contributed by atoms with E-state index in [-0.39, 0.29) is 11.7 Å². The molecule has 0 saturated carbocycles. The van der Waals surface area contributed by atoms with Crippen LogP contribution in [-0.2, 0) is 4.74 Å². The van der Waals surface area contributed by atoms with Gasteiger partial charge in [-0.05, 0) is 19.1 Å². The van der Waals surface area contributed by atoms with E-state index in [9.17, 15) is 9.18 Å². The maximum atomic E-state index is 13.3. The standard InChI is InChI=1S/C12H15FO4/c1-8(5-6-16-2)17-9-3-4-10(12(14)15)11(13)7-9/h3-4,7-8H,5-6H2,1-2H3,(H,14,15). The molecule has 17 heavy (non-hydrogen) atoms. The van der Waals surface area contributed by atoms with Crippen LogP contribution in [0.3, 0.4) is 0 Å². The van der Waals surface area contributed by atoms with Crippen LogP contribution < -0.4 is 4.74 Å². The molecule has 1 unspecified atom stereocenters. The Morgan fingerprint density at radius 1 is 1.53 bits per heavy atom. The molecular formula is C12H15FO4. The second-order valence-electron chi connectivity index (χ2n) is 3.66. The predicted molar refractivity (Wildman–Crippen MR) is 59.9 cm³/mol. The number of carbonyl (C=O) groups is 1. The van der Waals surface area contributed by atoms with Crippen molar-refractivity contribution in [1.29, 1.82) is 0 Å². The van der Waals surface area contributed by atoms with Gasteiger partial charge in [-0.3, -0.25) is 0 Å². The normalized spacial score (nSPS) is 12.2. The van der Waals surface area contributed by atoms with Crippen molar-refractivity contribution in [1.82, 2.24) is 0 Å². The number of methoxy groups -OCH3 is 1. The fourth-order valence-electron chi connectivity index (χ4n) is 1.32. The van der Waals surface area contributed by atoms with Gasteiger partial charge in [0.1, 0.15) is 11.6 Å². The summed E-state index contributed by atoms with van der Waals surface area (Å²) in [4.78, 5) is 10.6. The Hall–Kier alpha value is -1.62. The Balaban J connectivity index is 2.67. The zero-order valence-corrected chi connectivity index (χ0v) is 9.77. The number of carboxylic acid groups (broad SMARTS) is 1. The molecule has 0 saturated heterocycles. The second-order valence-corrected chi connectivity index (χ2v) is 3.66. The topological polar surface area (TPSA) is 55.8 Å². The SMILES string of the molecule is COCCC(C)Oc1ccc(C(=O)O)c(F)c1. The van der Waals surface area contributed by atoms with E-state index in [1.165, 1.54) is 12.1 Å². The molecule has 4 nitrogen and oxygen atoms in total. The summed E-state index contributed by atoms with van der Waals surface area (Å²) in [5.74, 6) is -1.77. The molecule has 0 amide bonds. The van der Waals surface area contributed by atoms with Crippen molar-refractivity contribution in [3.05, 3.63) is 29.6 Å². The molecule has 0 aromatic heterocycles. The van der Waals surface area contributed by atoms with E-state index >= 15 is 0 Å². The number of aromatic carboxylic acids is 1. The van der Waals surface area contributed by atoms with Crippen LogP contribution >= 0.6 is 0 Å². The third-order valence-corrected chi connectivity index (χ3v) is 2.24. The first-order valence-corrected chi connectivity index (χ1v) is 5.23. The molecule has 0 fully saturated rings. The lowest BCUT2D eigenvalue weighted by Gasteiger charge is -2.14. The van der Waals surface area contributed by atoms with Gasteiger partial charge in [0.15, 0.2) is 0 Å². The number of benzene rings is 1. The van der Waals surface area contributed by atoms with Crippen molar-refractivity contribution < 1.29 is 23.8 Å². The highest BCUT2D eigenvalue weighted by molar-refractivity contribution is 5.88. The van der Waals surface area contributed by atoms with Gasteiger partial charge in [0.05, 0.1) is 11.7 Å². The smallest absolute Gasteiger partial charge is 0.338 e. The zero-order valence-electron chi connectivity index (χ0n) is 9.77. The van der Waals surface area contributed by atoms with Crippen LogP contribution in [0.15, 0.2) is 18.2 Å². The minimum Gasteiger partial charge on any atom is -0.491 e. The molecule has 0 aliphatic heterocycles. The third kappa shape index (κ3) is 4.03. The lowest BCUT2D eigenvalue weighted by Crippen LogP contribution is -2.14. The first-order valence-electron chi connectivity index (χ1n) is 5.23. The van der Waals surface area contributed by atoms with Crippen molar-refractivity contribution in [2.24, 2.45) is 0 Å². The van der Waals surface area contributed by atoms with Gasteiger partial charge in [-0.2, -0.15) is 0 Å². The fraction of sp³-hybridized carbons (Fsp3) is 0.417. The summed E-state index contributed by atoms with van der Waals surface area (Å²) >= 11 is 0. The van der Waals surface area contributed by atoms with Gasteiger partial charge in [-0.1, -0.05) is 0 Å². The van der Waals surface area contributed by atoms with Gasteiger partial charge in [0.25, 0.3) is 0 Å². The average molecular weight is 242 g/mol. The molecule has 0 aliphatic rings. The first-order chi connectivity index (χ1) is 8.04. The molecule has 1 rings (SSSR count). The molecule has 5 heteroatoms. The number of ether oxygens (including phenoxy) is 2. The van der Waals surface area contributed by atoms with Crippen LogP contribution in [0, 0.1) is 5.82 Å². The summed E-state index contributed by atoms with van der Waals surface area (Å²) in [6.07, 6.45) is 0.559. The Morgan fingerprint density at radius 3 is 2.76 bits per heavy atom. The van der Waals surface area contributed by atoms with Crippen LogP contribution in [0.4, 0.5) is 4.39 Å². The van der Waals surface area contributed by atoms with E-state index < -0.39 is 11.8 Å². The van der Waals surface area contributed by atoms with E-state index in [4.69, 9.17) is 14.6 Å². The molecule has 0 aliphatic carbocycles. The van der Waals surface area contributed by atoms with Crippen molar-refractivity contribution in [2.75, 3.05) is 13.7 Å². The maximum Gasteiger partial charge on any atom is 0.338 e. The molecule has 1 atom stereocenters. The van der Waals surface area contributed by atoms with E-state index in [1.54, 1.807) is 7.11 Å². The summed E-state index contributed by atoms with van der Waals surface area (Å²) in [5.41, 5.74) is -0.359. The average Bonchev–Trinajstić information content (AvgIpc) is 2.26. The third-order valence-electron chi connectivity index (χ3n) is 2.24. The largest absolute Gasteiger partial charge is 0.491 e. The van der Waals surface area contributed by atoms with Gasteiger partial charge in [-0.15, -0.1) is 0 Å². The number of carboxylic acids is 1. The van der Waals surface area contributed by atoms with E-state index in [0.29, 0.717) is 18.8 Å². The highest BCUT2D eigenvalue weighted by atomic mass is 19.1. The van der Waals surface area contributed by atoms with Gasteiger partial charge in [0.2, 0.25) is 0 Å². The van der Waals surface area contributed by atoms with Crippen molar-refractivity contribution in [3.63, 3.8) is 0 Å². The Bertz CT molecular complexity index is 392. The van der Waals surface area contributed by atoms with Crippen molar-refractivity contribution in [2.45, 2.75) is 19.4 Å². The quantitative estimate of drug-likeness (QED) is 0.831. The van der Waals surface area contributed by atoms with Crippen molar-refractivity contribution >= 4 is 5.97 Å². The van der Waals surface area contributed by atoms with Crippen LogP contribution in [-0.4, -0.2) is 30.9 Å². The van der Waals surface area contributed by atoms with Gasteiger partial charge in [0, 0.05) is 26.2 Å². The van der Waals surface area contributed by atoms with Crippen LogP contribution in [0.2, 0.25) is 0 Å². The molecule has 94 valence electrons. The predicted octanol–water partition coefficient (Wildman–Crippen LogP) is 2.33. The highest BCUT2D eigenvalue weighted by Crippen LogP contribution is 2.18. The Morgan fingerprint density at radius 2 is 2.24 bits per heavy atom. The van der Waals surface area contributed by atoms with E-state index in [1.807, 2.05) is 6.92 Å². The monoisotopic (exact) mass is 242 g/mol. The molecular weight excluding hydrogens is 227 g/mol. The molecule has 0 bridgehead atoms. The minimum atomic E-state index is -1.29. The first kappa shape index (κ1) is 13.4. The summed E-state index contributed by atoms with van der Waals surface area (Å²) in [5, 5.41) is 8.66. The highest BCUT2D eigenvalue weighted by Gasteiger charge is 2.12. The molecule has 1 aromatic carbocycles. The van der Waals surface area contributed by atoms with Gasteiger partial charge in [-0.25, -0.2) is 9.18 Å². The van der Waals surface area contributed by atoms with Crippen LogP contribution in [0.5, 0.6) is 5.75 Å². The second kappa shape index (κ2) is 6.20. The number of hydrogen-bond donors (Lipinski definition) is 1. The van der Waals surface area contributed by atoms with Crippen molar-refractivity contribution in [3.8, 4) is 5.75 Å². The maximum absolute atomic E-state index is 13.3. The minimum absolute atomic E-state index is 0.120. The Labute approximate surface area is 99.0 Å². The summed E-state index contributed by atoms with van der Waals surface area (Å²) in [7, 11) is 1.59.